The van der Waals surface area contributed by atoms with Crippen LogP contribution >= 0.6 is 0 Å². The quantitative estimate of drug-likeness (QED) is 0.322. The first-order valence-electron chi connectivity index (χ1n) is 2.78. The maximum Gasteiger partial charge on any atom is 1.00 e. The molecule has 1 aromatic rings. The molecule has 0 bridgehead atoms. The number of hydroxylamine groups is 1. The minimum absolute atomic E-state index is 0. The van der Waals surface area contributed by atoms with Gasteiger partial charge in [-0.1, -0.05) is 0 Å². The largest absolute Gasteiger partial charge is 1.00 e. The summed E-state index contributed by atoms with van der Waals surface area (Å²) in [5, 5.41) is 0. The Morgan fingerprint density at radius 1 is 1.75 bits per heavy atom. The van der Waals surface area contributed by atoms with E-state index in [2.05, 4.69) is 9.25 Å². The molecule has 0 unspecified atom stereocenters. The van der Waals surface area contributed by atoms with E-state index < -0.39 is 5.97 Å². The van der Waals surface area contributed by atoms with Crippen LogP contribution in [-0.2, 0) is 9.63 Å². The standard InChI is InChI=1S/C6H5NO4.K.H/c8-4-7-11-6(9)5-2-1-3-10-5;;/h1-4H,(H,7,8);;/q;+1;-1. The number of nitrogens with one attached hydrogen (secondary N) is 1. The first-order chi connectivity index (χ1) is 5.34. The van der Waals surface area contributed by atoms with Gasteiger partial charge in [0.1, 0.15) is 0 Å². The summed E-state index contributed by atoms with van der Waals surface area (Å²) in [4.78, 5) is 24.6. The smallest absolute Gasteiger partial charge is 1.00 e. The summed E-state index contributed by atoms with van der Waals surface area (Å²) >= 11 is 0. The van der Waals surface area contributed by atoms with Crippen molar-refractivity contribution in [3.05, 3.63) is 24.2 Å². The minimum Gasteiger partial charge on any atom is -1.00 e. The van der Waals surface area contributed by atoms with E-state index in [1.807, 2.05) is 0 Å². The van der Waals surface area contributed by atoms with Gasteiger partial charge in [0.25, 0.3) is 0 Å². The Morgan fingerprint density at radius 3 is 3.00 bits per heavy atom. The van der Waals surface area contributed by atoms with Gasteiger partial charge in [-0.05, 0) is 12.1 Å². The third kappa shape index (κ3) is 3.50. The molecule has 1 amide bonds. The number of carbonyl (C=O) groups is 2. The molecule has 12 heavy (non-hydrogen) atoms. The molecule has 0 aliphatic heterocycles. The Kier molecular flexibility index (Phi) is 6.30. The fourth-order valence-electron chi connectivity index (χ4n) is 0.523. The number of rotatable bonds is 3. The molecule has 1 heterocycles. The van der Waals surface area contributed by atoms with Gasteiger partial charge in [-0.2, -0.15) is 5.48 Å². The van der Waals surface area contributed by atoms with Gasteiger partial charge in [0.15, 0.2) is 0 Å². The molecule has 1 aromatic heterocycles. The molecule has 0 aromatic carbocycles. The Hall–Kier alpha value is -0.144. The maximum absolute atomic E-state index is 10.7. The van der Waals surface area contributed by atoms with Crippen LogP contribution in [0.4, 0.5) is 0 Å². The van der Waals surface area contributed by atoms with Gasteiger partial charge in [-0.3, -0.25) is 4.79 Å². The van der Waals surface area contributed by atoms with Crippen LogP contribution in [0.5, 0.6) is 0 Å². The van der Waals surface area contributed by atoms with Crippen LogP contribution in [0.15, 0.2) is 22.8 Å². The molecule has 0 atom stereocenters. The SMILES string of the molecule is O=CNOC(=O)c1ccco1.[H-].[K+]. The zero-order chi connectivity index (χ0) is 8.10. The van der Waals surface area contributed by atoms with E-state index >= 15 is 0 Å². The second-order valence-electron chi connectivity index (χ2n) is 1.60. The molecule has 1 N–H and O–H groups in total. The fraction of sp³-hybridized carbons (Fsp3) is 0. The van der Waals surface area contributed by atoms with Crippen molar-refractivity contribution in [1.29, 1.82) is 0 Å². The second-order valence-corrected chi connectivity index (χ2v) is 1.60. The predicted molar refractivity (Wildman–Crippen MR) is 34.4 cm³/mol. The first kappa shape index (κ1) is 11.9. The third-order valence-electron chi connectivity index (χ3n) is 0.922. The minimum atomic E-state index is -0.734. The topological polar surface area (TPSA) is 68.5 Å². The average Bonchev–Trinajstić information content (AvgIpc) is 2.52. The van der Waals surface area contributed by atoms with Crippen LogP contribution < -0.4 is 56.9 Å². The first-order valence-corrected chi connectivity index (χ1v) is 2.78. The van der Waals surface area contributed by atoms with Crippen molar-refractivity contribution < 1.29 is 71.7 Å². The predicted octanol–water partition coefficient (Wildman–Crippen LogP) is -2.79. The van der Waals surface area contributed by atoms with Gasteiger partial charge in [-0.25, -0.2) is 4.79 Å². The van der Waals surface area contributed by atoms with E-state index in [1.54, 1.807) is 5.48 Å². The van der Waals surface area contributed by atoms with Crippen molar-refractivity contribution in [3.63, 3.8) is 0 Å². The van der Waals surface area contributed by atoms with E-state index in [1.165, 1.54) is 18.4 Å². The summed E-state index contributed by atoms with van der Waals surface area (Å²) in [6, 6.07) is 2.96. The van der Waals surface area contributed by atoms with Gasteiger partial charge in [0, 0.05) is 0 Å². The Labute approximate surface area is 112 Å². The van der Waals surface area contributed by atoms with Crippen molar-refractivity contribution in [3.8, 4) is 0 Å². The van der Waals surface area contributed by atoms with Crippen molar-refractivity contribution in [2.24, 2.45) is 0 Å². The van der Waals surface area contributed by atoms with E-state index in [9.17, 15) is 9.59 Å². The van der Waals surface area contributed by atoms with Crippen LogP contribution in [0.1, 0.15) is 12.0 Å². The van der Waals surface area contributed by atoms with Crippen molar-refractivity contribution in [2.45, 2.75) is 0 Å². The van der Waals surface area contributed by atoms with Gasteiger partial charge in [0.2, 0.25) is 12.2 Å². The monoisotopic (exact) mass is 195 g/mol. The zero-order valence-electron chi connectivity index (χ0n) is 7.44. The molecule has 5 nitrogen and oxygen atoms in total. The summed E-state index contributed by atoms with van der Waals surface area (Å²) in [6.45, 7) is 0. The summed E-state index contributed by atoms with van der Waals surface area (Å²) < 4.78 is 4.66. The molecular formula is C6H6KNO4. The molecule has 0 radical (unpaired) electrons. The number of amides is 1. The summed E-state index contributed by atoms with van der Waals surface area (Å²) in [5.74, 6) is -0.693. The molecule has 0 saturated carbocycles. The molecule has 1 rings (SSSR count). The van der Waals surface area contributed by atoms with Crippen LogP contribution in [-0.4, -0.2) is 12.4 Å². The number of carbonyl (C=O) groups excluding carboxylic acids is 2. The molecular weight excluding hydrogens is 189 g/mol. The Bertz CT molecular complexity index is 251. The summed E-state index contributed by atoms with van der Waals surface area (Å²) in [5.41, 5.74) is 1.75. The average molecular weight is 195 g/mol. The summed E-state index contributed by atoms with van der Waals surface area (Å²) in [7, 11) is 0. The Morgan fingerprint density at radius 2 is 2.50 bits per heavy atom. The van der Waals surface area contributed by atoms with Crippen molar-refractivity contribution >= 4 is 12.4 Å². The molecule has 6 heteroatoms. The van der Waals surface area contributed by atoms with E-state index in [0.717, 1.165) is 0 Å². The van der Waals surface area contributed by atoms with E-state index in [4.69, 9.17) is 0 Å². The molecule has 60 valence electrons. The van der Waals surface area contributed by atoms with Crippen molar-refractivity contribution in [1.82, 2.24) is 5.48 Å². The Balaban J connectivity index is 0. The van der Waals surface area contributed by atoms with E-state index in [0.29, 0.717) is 0 Å². The fourth-order valence-corrected chi connectivity index (χ4v) is 0.523. The van der Waals surface area contributed by atoms with Crippen LogP contribution in [0.3, 0.4) is 0 Å². The van der Waals surface area contributed by atoms with Crippen molar-refractivity contribution in [2.75, 3.05) is 0 Å². The molecule has 0 spiro atoms. The van der Waals surface area contributed by atoms with Crippen LogP contribution in [0.25, 0.3) is 0 Å². The molecule has 0 aliphatic rings. The normalized spacial score (nSPS) is 8.00. The van der Waals surface area contributed by atoms with Crippen LogP contribution in [0.2, 0.25) is 0 Å². The van der Waals surface area contributed by atoms with Gasteiger partial charge < -0.3 is 10.7 Å². The van der Waals surface area contributed by atoms with E-state index in [-0.39, 0.29) is 65.0 Å². The molecule has 0 fully saturated rings. The number of furan rings is 1. The summed E-state index contributed by atoms with van der Waals surface area (Å²) in [6.07, 6.45) is 1.58. The third-order valence-corrected chi connectivity index (χ3v) is 0.922. The maximum atomic E-state index is 10.7. The number of hydrogen-bond acceptors (Lipinski definition) is 4. The van der Waals surface area contributed by atoms with Gasteiger partial charge in [-0.15, -0.1) is 0 Å². The zero-order valence-corrected chi connectivity index (χ0v) is 9.57. The van der Waals surface area contributed by atoms with Crippen LogP contribution in [0, 0.1) is 0 Å². The number of hydrogen-bond donors (Lipinski definition) is 1. The van der Waals surface area contributed by atoms with Gasteiger partial charge >= 0.3 is 57.4 Å². The second kappa shape index (κ2) is 6.38. The van der Waals surface area contributed by atoms with Gasteiger partial charge in [0.05, 0.1) is 6.26 Å². The molecule has 0 aliphatic carbocycles. The molecule has 0 saturated heterocycles.